The standard InChI is InChI=1S/C21H22FN3O3/c1-2-3-4-19(26)23-18-12-8-16(9-13-18)21(28)25-24-20(27)14-7-15-5-10-17(22)11-6-15/h5-14H,2-4H2,1H3,(H,23,26)(H,24,27)(H,25,28)/b14-7+. The zero-order chi connectivity index (χ0) is 20.4. The van der Waals surface area contributed by atoms with Crippen molar-refractivity contribution in [2.75, 3.05) is 5.32 Å². The van der Waals surface area contributed by atoms with E-state index >= 15 is 0 Å². The number of benzene rings is 2. The Bertz CT molecular complexity index is 846. The van der Waals surface area contributed by atoms with E-state index in [0.29, 0.717) is 23.2 Å². The Morgan fingerprint density at radius 3 is 2.29 bits per heavy atom. The number of halogens is 1. The number of hydrogen-bond donors (Lipinski definition) is 3. The number of amides is 3. The lowest BCUT2D eigenvalue weighted by Crippen LogP contribution is -2.40. The fourth-order valence-electron chi connectivity index (χ4n) is 2.24. The summed E-state index contributed by atoms with van der Waals surface area (Å²) in [6.07, 6.45) is 4.94. The van der Waals surface area contributed by atoms with Gasteiger partial charge >= 0.3 is 0 Å². The lowest BCUT2D eigenvalue weighted by Gasteiger charge is -2.07. The minimum atomic E-state index is -0.530. The van der Waals surface area contributed by atoms with Crippen LogP contribution in [0.5, 0.6) is 0 Å². The molecule has 3 N–H and O–H groups in total. The molecule has 0 radical (unpaired) electrons. The molecular weight excluding hydrogens is 361 g/mol. The van der Waals surface area contributed by atoms with Crippen LogP contribution in [-0.2, 0) is 9.59 Å². The Kier molecular flexibility index (Phi) is 7.90. The molecule has 0 bridgehead atoms. The van der Waals surface area contributed by atoms with Gasteiger partial charge in [-0.05, 0) is 54.5 Å². The van der Waals surface area contributed by atoms with Crippen molar-refractivity contribution in [3.8, 4) is 0 Å². The predicted molar refractivity (Wildman–Crippen MR) is 106 cm³/mol. The second-order valence-electron chi connectivity index (χ2n) is 6.06. The van der Waals surface area contributed by atoms with Crippen molar-refractivity contribution in [1.82, 2.24) is 10.9 Å². The molecule has 0 saturated carbocycles. The maximum Gasteiger partial charge on any atom is 0.269 e. The zero-order valence-electron chi connectivity index (χ0n) is 15.5. The number of hydrogen-bond acceptors (Lipinski definition) is 3. The molecule has 2 aromatic rings. The van der Waals surface area contributed by atoms with Crippen LogP contribution < -0.4 is 16.2 Å². The van der Waals surface area contributed by atoms with Crippen LogP contribution in [0, 0.1) is 5.82 Å². The molecule has 7 heteroatoms. The van der Waals surface area contributed by atoms with Gasteiger partial charge in [-0.25, -0.2) is 4.39 Å². The van der Waals surface area contributed by atoms with E-state index in [1.54, 1.807) is 24.3 Å². The third-order valence-corrected chi connectivity index (χ3v) is 3.78. The smallest absolute Gasteiger partial charge is 0.269 e. The quantitative estimate of drug-likeness (QED) is 0.506. The Hall–Kier alpha value is -3.48. The summed E-state index contributed by atoms with van der Waals surface area (Å²) in [5, 5.41) is 2.76. The lowest BCUT2D eigenvalue weighted by molar-refractivity contribution is -0.117. The SMILES string of the molecule is CCCCC(=O)Nc1ccc(C(=O)NNC(=O)/C=C/c2ccc(F)cc2)cc1. The van der Waals surface area contributed by atoms with Crippen molar-refractivity contribution < 1.29 is 18.8 Å². The highest BCUT2D eigenvalue weighted by Crippen LogP contribution is 2.10. The molecule has 6 nitrogen and oxygen atoms in total. The number of nitrogens with one attached hydrogen (secondary N) is 3. The maximum atomic E-state index is 12.8. The van der Waals surface area contributed by atoms with Crippen molar-refractivity contribution in [1.29, 1.82) is 0 Å². The normalized spacial score (nSPS) is 10.5. The topological polar surface area (TPSA) is 87.3 Å². The summed E-state index contributed by atoms with van der Waals surface area (Å²) in [5.74, 6) is -1.45. The van der Waals surface area contributed by atoms with Crippen molar-refractivity contribution in [3.05, 3.63) is 71.6 Å². The van der Waals surface area contributed by atoms with Crippen LogP contribution in [0.4, 0.5) is 10.1 Å². The fraction of sp³-hybridized carbons (Fsp3) is 0.190. The average molecular weight is 383 g/mol. The van der Waals surface area contributed by atoms with E-state index < -0.39 is 11.8 Å². The van der Waals surface area contributed by atoms with Crippen molar-refractivity contribution in [3.63, 3.8) is 0 Å². The molecule has 0 atom stereocenters. The molecule has 28 heavy (non-hydrogen) atoms. The zero-order valence-corrected chi connectivity index (χ0v) is 15.5. The van der Waals surface area contributed by atoms with E-state index in [4.69, 9.17) is 0 Å². The summed E-state index contributed by atoms with van der Waals surface area (Å²) < 4.78 is 12.8. The molecule has 0 aliphatic heterocycles. The number of unbranched alkanes of at least 4 members (excludes halogenated alkanes) is 1. The molecule has 0 aliphatic carbocycles. The summed E-state index contributed by atoms with van der Waals surface area (Å²) >= 11 is 0. The van der Waals surface area contributed by atoms with Crippen molar-refractivity contribution in [2.24, 2.45) is 0 Å². The molecule has 0 saturated heterocycles. The lowest BCUT2D eigenvalue weighted by atomic mass is 10.2. The summed E-state index contributed by atoms with van der Waals surface area (Å²) in [4.78, 5) is 35.5. The summed E-state index contributed by atoms with van der Waals surface area (Å²) in [6.45, 7) is 2.01. The van der Waals surface area contributed by atoms with Gasteiger partial charge in [0.25, 0.3) is 11.8 Å². The Morgan fingerprint density at radius 2 is 1.64 bits per heavy atom. The van der Waals surface area contributed by atoms with Crippen LogP contribution in [0.25, 0.3) is 6.08 Å². The van der Waals surface area contributed by atoms with E-state index in [2.05, 4.69) is 16.2 Å². The third-order valence-electron chi connectivity index (χ3n) is 3.78. The van der Waals surface area contributed by atoms with Crippen LogP contribution in [0.3, 0.4) is 0 Å². The van der Waals surface area contributed by atoms with E-state index in [9.17, 15) is 18.8 Å². The molecular formula is C21H22FN3O3. The van der Waals surface area contributed by atoms with Gasteiger partial charge in [-0.15, -0.1) is 0 Å². The van der Waals surface area contributed by atoms with Gasteiger partial charge < -0.3 is 5.32 Å². The molecule has 0 aromatic heterocycles. The first-order valence-corrected chi connectivity index (χ1v) is 8.92. The van der Waals surface area contributed by atoms with Gasteiger partial charge in [0.05, 0.1) is 0 Å². The van der Waals surface area contributed by atoms with Crippen LogP contribution in [0.15, 0.2) is 54.6 Å². The summed E-state index contributed by atoms with van der Waals surface area (Å²) in [6, 6.07) is 12.0. The van der Waals surface area contributed by atoms with Gasteiger partial charge in [-0.3, -0.25) is 25.2 Å². The van der Waals surface area contributed by atoms with E-state index in [-0.39, 0.29) is 11.7 Å². The number of rotatable bonds is 7. The highest BCUT2D eigenvalue weighted by Gasteiger charge is 2.07. The molecule has 2 rings (SSSR count). The van der Waals surface area contributed by atoms with E-state index in [1.165, 1.54) is 36.4 Å². The highest BCUT2D eigenvalue weighted by molar-refractivity contribution is 5.98. The van der Waals surface area contributed by atoms with Crippen LogP contribution in [-0.4, -0.2) is 17.7 Å². The van der Waals surface area contributed by atoms with Gasteiger partial charge in [-0.1, -0.05) is 25.5 Å². The Balaban J connectivity index is 1.81. The van der Waals surface area contributed by atoms with Crippen LogP contribution in [0.1, 0.15) is 42.1 Å². The molecule has 2 aromatic carbocycles. The predicted octanol–water partition coefficient (Wildman–Crippen LogP) is 3.43. The summed E-state index contributed by atoms with van der Waals surface area (Å²) in [5.41, 5.74) is 6.14. The first-order chi connectivity index (χ1) is 13.5. The Morgan fingerprint density at radius 1 is 0.964 bits per heavy atom. The number of hydrazine groups is 1. The Labute approximate surface area is 162 Å². The molecule has 146 valence electrons. The van der Waals surface area contributed by atoms with Crippen LogP contribution >= 0.6 is 0 Å². The molecule has 0 heterocycles. The largest absolute Gasteiger partial charge is 0.326 e. The monoisotopic (exact) mass is 383 g/mol. The maximum absolute atomic E-state index is 12.8. The van der Waals surface area contributed by atoms with Gasteiger partial charge in [0.2, 0.25) is 5.91 Å². The number of carbonyl (C=O) groups is 3. The number of anilines is 1. The first-order valence-electron chi connectivity index (χ1n) is 8.92. The van der Waals surface area contributed by atoms with Gasteiger partial charge in [0, 0.05) is 23.7 Å². The van der Waals surface area contributed by atoms with Gasteiger partial charge in [0.1, 0.15) is 5.82 Å². The second kappa shape index (κ2) is 10.6. The van der Waals surface area contributed by atoms with Crippen molar-refractivity contribution in [2.45, 2.75) is 26.2 Å². The summed E-state index contributed by atoms with van der Waals surface area (Å²) in [7, 11) is 0. The number of carbonyl (C=O) groups excluding carboxylic acids is 3. The third kappa shape index (κ3) is 7.03. The van der Waals surface area contributed by atoms with E-state index in [0.717, 1.165) is 12.8 Å². The average Bonchev–Trinajstić information content (AvgIpc) is 2.70. The first kappa shape index (κ1) is 20.8. The van der Waals surface area contributed by atoms with Gasteiger partial charge in [-0.2, -0.15) is 0 Å². The van der Waals surface area contributed by atoms with Crippen molar-refractivity contribution >= 4 is 29.5 Å². The minimum Gasteiger partial charge on any atom is -0.326 e. The minimum absolute atomic E-state index is 0.0701. The molecule has 3 amide bonds. The second-order valence-corrected chi connectivity index (χ2v) is 6.06. The molecule has 0 fully saturated rings. The fourth-order valence-corrected chi connectivity index (χ4v) is 2.24. The van der Waals surface area contributed by atoms with Crippen LogP contribution in [0.2, 0.25) is 0 Å². The molecule has 0 unspecified atom stereocenters. The van der Waals surface area contributed by atoms with Gasteiger partial charge in [0.15, 0.2) is 0 Å². The molecule has 0 spiro atoms. The van der Waals surface area contributed by atoms with E-state index in [1.807, 2.05) is 6.92 Å². The highest BCUT2D eigenvalue weighted by atomic mass is 19.1. The molecule has 0 aliphatic rings.